The highest BCUT2D eigenvalue weighted by Crippen LogP contribution is 2.27. The summed E-state index contributed by atoms with van der Waals surface area (Å²) in [6.45, 7) is 9.05. The quantitative estimate of drug-likeness (QED) is 0.216. The Bertz CT molecular complexity index is 539. The molecule has 1 aliphatic carbocycles. The summed E-state index contributed by atoms with van der Waals surface area (Å²) in [4.78, 5) is 10.7. The SMILES string of the molecule is CCOC(CCNC(=NC)NCCCc1nc2c(s1)CCCC2)C(C)C.I. The Kier molecular flexibility index (Phi) is 12.5. The number of nitrogens with one attached hydrogen (secondary N) is 2. The van der Waals surface area contributed by atoms with E-state index in [4.69, 9.17) is 9.72 Å². The largest absolute Gasteiger partial charge is 0.378 e. The van der Waals surface area contributed by atoms with Crippen LogP contribution in [0.3, 0.4) is 0 Å². The molecule has 156 valence electrons. The van der Waals surface area contributed by atoms with Crippen molar-refractivity contribution in [3.05, 3.63) is 15.6 Å². The van der Waals surface area contributed by atoms with Crippen LogP contribution in [0, 0.1) is 5.92 Å². The van der Waals surface area contributed by atoms with Crippen molar-refractivity contribution in [3.63, 3.8) is 0 Å². The lowest BCUT2D eigenvalue weighted by Crippen LogP contribution is -2.39. The number of nitrogens with zero attached hydrogens (tertiary/aromatic N) is 2. The molecule has 7 heteroatoms. The lowest BCUT2D eigenvalue weighted by Gasteiger charge is -2.21. The molecule has 1 aromatic rings. The van der Waals surface area contributed by atoms with Crippen LogP contribution < -0.4 is 10.6 Å². The fraction of sp³-hybridized carbons (Fsp3) is 0.800. The van der Waals surface area contributed by atoms with Gasteiger partial charge < -0.3 is 15.4 Å². The predicted octanol–water partition coefficient (Wildman–Crippen LogP) is 4.19. The summed E-state index contributed by atoms with van der Waals surface area (Å²) in [5.74, 6) is 1.42. The number of hydrogen-bond donors (Lipinski definition) is 2. The topological polar surface area (TPSA) is 58.5 Å². The molecule has 1 heterocycles. The highest BCUT2D eigenvalue weighted by molar-refractivity contribution is 14.0. The molecule has 1 atom stereocenters. The molecular formula is C20H37IN4OS. The second-order valence-corrected chi connectivity index (χ2v) is 8.41. The minimum Gasteiger partial charge on any atom is -0.378 e. The van der Waals surface area contributed by atoms with Gasteiger partial charge in [0.25, 0.3) is 0 Å². The Balaban J connectivity index is 0.00000364. The first-order valence-electron chi connectivity index (χ1n) is 10.2. The number of aliphatic imine (C=N–C) groups is 1. The van der Waals surface area contributed by atoms with E-state index in [-0.39, 0.29) is 24.0 Å². The van der Waals surface area contributed by atoms with Crippen LogP contribution >= 0.6 is 35.3 Å². The fourth-order valence-electron chi connectivity index (χ4n) is 3.34. The van der Waals surface area contributed by atoms with E-state index in [1.807, 2.05) is 18.4 Å². The number of thiazole rings is 1. The van der Waals surface area contributed by atoms with Gasteiger partial charge in [-0.25, -0.2) is 4.98 Å². The molecule has 0 amide bonds. The average molecular weight is 509 g/mol. The van der Waals surface area contributed by atoms with Gasteiger partial charge in [-0.1, -0.05) is 13.8 Å². The Hall–Kier alpha value is -0.410. The molecule has 1 unspecified atom stereocenters. The second-order valence-electron chi connectivity index (χ2n) is 7.24. The van der Waals surface area contributed by atoms with Crippen LogP contribution in [0.1, 0.15) is 62.0 Å². The number of fused-ring (bicyclic) bond motifs is 1. The summed E-state index contributed by atoms with van der Waals surface area (Å²) in [7, 11) is 1.83. The number of aromatic nitrogens is 1. The van der Waals surface area contributed by atoms with Crippen LogP contribution in [0.15, 0.2) is 4.99 Å². The molecule has 0 aliphatic heterocycles. The number of guanidine groups is 1. The lowest BCUT2D eigenvalue weighted by molar-refractivity contribution is 0.0258. The summed E-state index contributed by atoms with van der Waals surface area (Å²) >= 11 is 1.93. The van der Waals surface area contributed by atoms with Crippen molar-refractivity contribution in [2.24, 2.45) is 10.9 Å². The summed E-state index contributed by atoms with van der Waals surface area (Å²) in [5, 5.41) is 8.11. The molecule has 1 aromatic heterocycles. The molecule has 27 heavy (non-hydrogen) atoms. The average Bonchev–Trinajstić information content (AvgIpc) is 3.05. The van der Waals surface area contributed by atoms with Crippen LogP contribution in [0.4, 0.5) is 0 Å². The minimum absolute atomic E-state index is 0. The molecule has 2 N–H and O–H groups in total. The number of hydrogen-bond acceptors (Lipinski definition) is 4. The van der Waals surface area contributed by atoms with E-state index in [0.717, 1.165) is 44.9 Å². The molecule has 0 radical (unpaired) electrons. The Morgan fingerprint density at radius 2 is 1.96 bits per heavy atom. The monoisotopic (exact) mass is 508 g/mol. The number of ether oxygens (including phenoxy) is 1. The maximum absolute atomic E-state index is 5.79. The summed E-state index contributed by atoms with van der Waals surface area (Å²) in [6, 6.07) is 0. The maximum atomic E-state index is 5.79. The zero-order chi connectivity index (χ0) is 18.8. The van der Waals surface area contributed by atoms with E-state index < -0.39 is 0 Å². The number of halogens is 1. The molecule has 2 rings (SSSR count). The first kappa shape index (κ1) is 24.6. The van der Waals surface area contributed by atoms with Gasteiger partial charge in [0.2, 0.25) is 0 Å². The molecule has 0 bridgehead atoms. The molecule has 0 saturated carbocycles. The minimum atomic E-state index is 0. The lowest BCUT2D eigenvalue weighted by atomic mass is 10.0. The van der Waals surface area contributed by atoms with Gasteiger partial charge >= 0.3 is 0 Å². The molecule has 0 spiro atoms. The van der Waals surface area contributed by atoms with Crippen LogP contribution in [-0.2, 0) is 24.0 Å². The summed E-state index contributed by atoms with van der Waals surface area (Å²) in [6.07, 6.45) is 8.50. The molecule has 5 nitrogen and oxygen atoms in total. The van der Waals surface area contributed by atoms with Gasteiger partial charge in [0.15, 0.2) is 5.96 Å². The van der Waals surface area contributed by atoms with E-state index in [1.165, 1.54) is 41.3 Å². The third-order valence-electron chi connectivity index (χ3n) is 4.82. The van der Waals surface area contributed by atoms with E-state index in [9.17, 15) is 0 Å². The number of aryl methyl sites for hydroxylation is 3. The van der Waals surface area contributed by atoms with Gasteiger partial charge in [0.1, 0.15) is 0 Å². The van der Waals surface area contributed by atoms with Crippen molar-refractivity contribution in [1.29, 1.82) is 0 Å². The van der Waals surface area contributed by atoms with Gasteiger partial charge in [-0.05, 0) is 51.4 Å². The Morgan fingerprint density at radius 1 is 1.22 bits per heavy atom. The van der Waals surface area contributed by atoms with E-state index in [2.05, 4.69) is 36.4 Å². The molecular weight excluding hydrogens is 471 g/mol. The zero-order valence-corrected chi connectivity index (χ0v) is 20.5. The first-order chi connectivity index (χ1) is 12.6. The summed E-state index contributed by atoms with van der Waals surface area (Å²) < 4.78 is 5.79. The van der Waals surface area contributed by atoms with Crippen molar-refractivity contribution in [1.82, 2.24) is 15.6 Å². The Labute approximate surface area is 186 Å². The van der Waals surface area contributed by atoms with Crippen LogP contribution in [0.2, 0.25) is 0 Å². The highest BCUT2D eigenvalue weighted by atomic mass is 127. The van der Waals surface area contributed by atoms with E-state index in [0.29, 0.717) is 12.0 Å². The number of rotatable bonds is 10. The van der Waals surface area contributed by atoms with E-state index in [1.54, 1.807) is 0 Å². The molecule has 0 aromatic carbocycles. The van der Waals surface area contributed by atoms with Crippen molar-refractivity contribution in [2.45, 2.75) is 71.8 Å². The normalized spacial score (nSPS) is 15.2. The molecule has 1 aliphatic rings. The second kappa shape index (κ2) is 13.7. The van der Waals surface area contributed by atoms with Crippen molar-refractivity contribution >= 4 is 41.3 Å². The van der Waals surface area contributed by atoms with E-state index >= 15 is 0 Å². The third kappa shape index (κ3) is 8.64. The zero-order valence-electron chi connectivity index (χ0n) is 17.3. The van der Waals surface area contributed by atoms with Crippen LogP contribution in [-0.4, -0.2) is 43.8 Å². The third-order valence-corrected chi connectivity index (χ3v) is 6.04. The standard InChI is InChI=1S/C20H36N4OS.HI/c1-5-25-17(15(2)3)12-14-23-20(21-4)22-13-8-11-19-24-16-9-6-7-10-18(16)26-19;/h15,17H,5-14H2,1-4H3,(H2,21,22,23);1H. The first-order valence-corrected chi connectivity index (χ1v) is 11.0. The Morgan fingerprint density at radius 3 is 2.63 bits per heavy atom. The molecule has 0 saturated heterocycles. The maximum Gasteiger partial charge on any atom is 0.190 e. The smallest absolute Gasteiger partial charge is 0.190 e. The predicted molar refractivity (Wildman–Crippen MR) is 127 cm³/mol. The van der Waals surface area contributed by atoms with Gasteiger partial charge in [-0.3, -0.25) is 4.99 Å². The van der Waals surface area contributed by atoms with Crippen LogP contribution in [0.25, 0.3) is 0 Å². The van der Waals surface area contributed by atoms with Gasteiger partial charge in [-0.15, -0.1) is 35.3 Å². The van der Waals surface area contributed by atoms with Crippen molar-refractivity contribution in [3.8, 4) is 0 Å². The summed E-state index contributed by atoms with van der Waals surface area (Å²) in [5.41, 5.74) is 1.37. The highest BCUT2D eigenvalue weighted by Gasteiger charge is 2.15. The van der Waals surface area contributed by atoms with Gasteiger partial charge in [-0.2, -0.15) is 0 Å². The van der Waals surface area contributed by atoms with Gasteiger partial charge in [0.05, 0.1) is 16.8 Å². The van der Waals surface area contributed by atoms with Crippen molar-refractivity contribution < 1.29 is 4.74 Å². The van der Waals surface area contributed by atoms with Crippen molar-refractivity contribution in [2.75, 3.05) is 26.7 Å². The molecule has 0 fully saturated rings. The fourth-order valence-corrected chi connectivity index (χ4v) is 4.53. The van der Waals surface area contributed by atoms with Crippen LogP contribution in [0.5, 0.6) is 0 Å². The van der Waals surface area contributed by atoms with Gasteiger partial charge in [0, 0.05) is 38.0 Å².